The Balaban J connectivity index is 2.28. The van der Waals surface area contributed by atoms with E-state index in [0.717, 1.165) is 5.56 Å². The lowest BCUT2D eigenvalue weighted by molar-refractivity contribution is 0.109. The molecule has 1 unspecified atom stereocenters. The maximum atomic E-state index is 10.4. The van der Waals surface area contributed by atoms with Gasteiger partial charge in [-0.15, -0.1) is 0 Å². The average Bonchev–Trinajstić information content (AvgIpc) is 2.38. The van der Waals surface area contributed by atoms with Gasteiger partial charge in [0.1, 0.15) is 11.4 Å². The topological polar surface area (TPSA) is 40.5 Å². The maximum absolute atomic E-state index is 10.4. The quantitative estimate of drug-likeness (QED) is 0.864. The molecule has 0 spiro atoms. The molecule has 0 aliphatic carbocycles. The molecule has 2 aromatic rings. The molecule has 0 fully saturated rings. The van der Waals surface area contributed by atoms with Gasteiger partial charge in [-0.3, -0.25) is 0 Å². The van der Waals surface area contributed by atoms with Gasteiger partial charge in [0.15, 0.2) is 0 Å². The first-order valence-corrected chi connectivity index (χ1v) is 5.85. The SMILES string of the molecule is CC(O)(/C=C/c1ccccc1)c1ccccc1O. The van der Waals surface area contributed by atoms with Crippen molar-refractivity contribution in [2.75, 3.05) is 0 Å². The Morgan fingerprint density at radius 1 is 0.944 bits per heavy atom. The lowest BCUT2D eigenvalue weighted by Crippen LogP contribution is -2.17. The molecule has 2 heteroatoms. The summed E-state index contributed by atoms with van der Waals surface area (Å²) in [5, 5.41) is 20.1. The highest BCUT2D eigenvalue weighted by Crippen LogP contribution is 2.30. The van der Waals surface area contributed by atoms with Crippen molar-refractivity contribution >= 4 is 6.08 Å². The smallest absolute Gasteiger partial charge is 0.121 e. The van der Waals surface area contributed by atoms with Gasteiger partial charge in [-0.05, 0) is 24.6 Å². The summed E-state index contributed by atoms with van der Waals surface area (Å²) in [7, 11) is 0. The van der Waals surface area contributed by atoms with Gasteiger partial charge < -0.3 is 10.2 Å². The third-order valence-corrected chi connectivity index (χ3v) is 2.85. The van der Waals surface area contributed by atoms with Gasteiger partial charge in [0, 0.05) is 5.56 Å². The number of phenols is 1. The van der Waals surface area contributed by atoms with Crippen LogP contribution < -0.4 is 0 Å². The van der Waals surface area contributed by atoms with E-state index in [0.29, 0.717) is 5.56 Å². The summed E-state index contributed by atoms with van der Waals surface area (Å²) < 4.78 is 0. The summed E-state index contributed by atoms with van der Waals surface area (Å²) in [5.41, 5.74) is 0.312. The van der Waals surface area contributed by atoms with Gasteiger partial charge in [0.05, 0.1) is 0 Å². The summed E-state index contributed by atoms with van der Waals surface area (Å²) in [6.45, 7) is 1.65. The standard InChI is InChI=1S/C16H16O2/c1-16(18,14-9-5-6-10-15(14)17)12-11-13-7-3-2-4-8-13/h2-12,17-18H,1H3/b12-11+. The molecule has 1 atom stereocenters. The van der Waals surface area contributed by atoms with E-state index >= 15 is 0 Å². The molecule has 0 aliphatic rings. The number of para-hydroxylation sites is 1. The number of benzene rings is 2. The largest absolute Gasteiger partial charge is 0.508 e. The second kappa shape index (κ2) is 5.07. The molecule has 0 saturated heterocycles. The molecule has 18 heavy (non-hydrogen) atoms. The normalized spacial score (nSPS) is 14.6. The van der Waals surface area contributed by atoms with Crippen LogP contribution in [0.2, 0.25) is 0 Å². The predicted octanol–water partition coefficient (Wildman–Crippen LogP) is 3.31. The highest BCUT2D eigenvalue weighted by molar-refractivity contribution is 5.52. The first-order valence-electron chi connectivity index (χ1n) is 5.85. The van der Waals surface area contributed by atoms with E-state index in [4.69, 9.17) is 0 Å². The zero-order valence-electron chi connectivity index (χ0n) is 10.2. The summed E-state index contributed by atoms with van der Waals surface area (Å²) in [4.78, 5) is 0. The number of aromatic hydroxyl groups is 1. The Morgan fingerprint density at radius 3 is 2.22 bits per heavy atom. The summed E-state index contributed by atoms with van der Waals surface area (Å²) in [6, 6.07) is 16.5. The lowest BCUT2D eigenvalue weighted by atomic mass is 9.94. The van der Waals surface area contributed by atoms with Crippen LogP contribution in [0, 0.1) is 0 Å². The molecule has 2 nitrogen and oxygen atoms in total. The van der Waals surface area contributed by atoms with Crippen LogP contribution in [0.5, 0.6) is 5.75 Å². The third kappa shape index (κ3) is 2.79. The molecule has 0 aromatic heterocycles. The highest BCUT2D eigenvalue weighted by Gasteiger charge is 2.22. The monoisotopic (exact) mass is 240 g/mol. The van der Waals surface area contributed by atoms with Crippen molar-refractivity contribution in [2.24, 2.45) is 0 Å². The number of rotatable bonds is 3. The van der Waals surface area contributed by atoms with Crippen LogP contribution in [0.25, 0.3) is 6.08 Å². The minimum atomic E-state index is -1.19. The minimum absolute atomic E-state index is 0.0974. The van der Waals surface area contributed by atoms with Crippen LogP contribution in [0.3, 0.4) is 0 Å². The van der Waals surface area contributed by atoms with E-state index < -0.39 is 5.60 Å². The van der Waals surface area contributed by atoms with E-state index in [1.807, 2.05) is 36.4 Å². The molecule has 0 radical (unpaired) electrons. The van der Waals surface area contributed by atoms with Crippen LogP contribution >= 0.6 is 0 Å². The van der Waals surface area contributed by atoms with E-state index in [1.165, 1.54) is 0 Å². The molecular formula is C16H16O2. The summed E-state index contributed by atoms with van der Waals surface area (Å²) >= 11 is 0. The number of hydrogen-bond acceptors (Lipinski definition) is 2. The Bertz CT molecular complexity index is 542. The molecule has 2 aromatic carbocycles. The van der Waals surface area contributed by atoms with E-state index in [-0.39, 0.29) is 5.75 Å². The minimum Gasteiger partial charge on any atom is -0.508 e. The van der Waals surface area contributed by atoms with Gasteiger partial charge in [-0.2, -0.15) is 0 Å². The maximum Gasteiger partial charge on any atom is 0.121 e. The molecule has 0 bridgehead atoms. The van der Waals surface area contributed by atoms with Gasteiger partial charge in [0.25, 0.3) is 0 Å². The second-order valence-corrected chi connectivity index (χ2v) is 4.41. The molecule has 0 aliphatic heterocycles. The van der Waals surface area contributed by atoms with Crippen LogP contribution in [0.4, 0.5) is 0 Å². The zero-order valence-corrected chi connectivity index (χ0v) is 10.2. The van der Waals surface area contributed by atoms with Crippen molar-refractivity contribution in [3.8, 4) is 5.75 Å². The van der Waals surface area contributed by atoms with Crippen LogP contribution in [0.1, 0.15) is 18.1 Å². The Labute approximate surface area is 107 Å². The Morgan fingerprint density at radius 2 is 1.56 bits per heavy atom. The molecule has 0 heterocycles. The predicted molar refractivity (Wildman–Crippen MR) is 73.2 cm³/mol. The van der Waals surface area contributed by atoms with Crippen molar-refractivity contribution < 1.29 is 10.2 Å². The molecular weight excluding hydrogens is 224 g/mol. The fourth-order valence-corrected chi connectivity index (χ4v) is 1.81. The number of phenolic OH excluding ortho intramolecular Hbond substituents is 1. The van der Waals surface area contributed by atoms with Crippen molar-refractivity contribution in [3.63, 3.8) is 0 Å². The van der Waals surface area contributed by atoms with Crippen molar-refractivity contribution in [1.29, 1.82) is 0 Å². The fraction of sp³-hybridized carbons (Fsp3) is 0.125. The Hall–Kier alpha value is -2.06. The fourth-order valence-electron chi connectivity index (χ4n) is 1.81. The summed E-state index contributed by atoms with van der Waals surface area (Å²) in [5.74, 6) is 0.0974. The molecule has 2 rings (SSSR count). The van der Waals surface area contributed by atoms with Gasteiger partial charge in [-0.25, -0.2) is 0 Å². The second-order valence-electron chi connectivity index (χ2n) is 4.41. The first kappa shape index (κ1) is 12.4. The van der Waals surface area contributed by atoms with E-state index in [9.17, 15) is 10.2 Å². The first-order chi connectivity index (χ1) is 8.59. The van der Waals surface area contributed by atoms with Crippen molar-refractivity contribution in [3.05, 3.63) is 71.8 Å². The third-order valence-electron chi connectivity index (χ3n) is 2.85. The summed E-state index contributed by atoms with van der Waals surface area (Å²) in [6.07, 6.45) is 3.52. The molecule has 0 amide bonds. The van der Waals surface area contributed by atoms with Crippen LogP contribution in [0.15, 0.2) is 60.7 Å². The van der Waals surface area contributed by atoms with E-state index in [2.05, 4.69) is 0 Å². The number of aliphatic hydroxyl groups is 1. The van der Waals surface area contributed by atoms with Crippen molar-refractivity contribution in [1.82, 2.24) is 0 Å². The van der Waals surface area contributed by atoms with Gasteiger partial charge >= 0.3 is 0 Å². The average molecular weight is 240 g/mol. The number of hydrogen-bond donors (Lipinski definition) is 2. The highest BCUT2D eigenvalue weighted by atomic mass is 16.3. The lowest BCUT2D eigenvalue weighted by Gasteiger charge is -2.20. The molecule has 92 valence electrons. The van der Waals surface area contributed by atoms with E-state index in [1.54, 1.807) is 37.3 Å². The van der Waals surface area contributed by atoms with Crippen molar-refractivity contribution in [2.45, 2.75) is 12.5 Å². The zero-order chi connectivity index (χ0) is 13.0. The Kier molecular flexibility index (Phi) is 3.49. The van der Waals surface area contributed by atoms with Crippen LogP contribution in [-0.4, -0.2) is 10.2 Å². The molecule has 0 saturated carbocycles. The van der Waals surface area contributed by atoms with Crippen LogP contribution in [-0.2, 0) is 5.60 Å². The molecule has 2 N–H and O–H groups in total. The van der Waals surface area contributed by atoms with Gasteiger partial charge in [0.2, 0.25) is 0 Å². The van der Waals surface area contributed by atoms with Gasteiger partial charge in [-0.1, -0.05) is 54.6 Å².